The number of hydrogen-bond acceptors (Lipinski definition) is 2. The Hall–Kier alpha value is -0.0800. The zero-order chi connectivity index (χ0) is 13.6. The third-order valence-corrected chi connectivity index (χ3v) is 5.43. The Morgan fingerprint density at radius 1 is 1.11 bits per heavy atom. The number of nitrogens with one attached hydrogen (secondary N) is 1. The smallest absolute Gasteiger partial charge is 0.0831 e. The summed E-state index contributed by atoms with van der Waals surface area (Å²) in [6.07, 6.45) is 15.0. The molecule has 0 amide bonds. The highest BCUT2D eigenvalue weighted by Gasteiger charge is 2.42. The third-order valence-electron chi connectivity index (χ3n) is 5.43. The van der Waals surface area contributed by atoms with Gasteiger partial charge in [0, 0.05) is 13.2 Å². The first-order valence-electron chi connectivity index (χ1n) is 8.59. The first-order chi connectivity index (χ1) is 9.30. The van der Waals surface area contributed by atoms with Crippen LogP contribution < -0.4 is 5.32 Å². The zero-order valence-corrected chi connectivity index (χ0v) is 13.0. The van der Waals surface area contributed by atoms with E-state index in [1.165, 1.54) is 70.6 Å². The minimum absolute atomic E-state index is 0.145. The first kappa shape index (κ1) is 15.3. The van der Waals surface area contributed by atoms with Gasteiger partial charge in [-0.15, -0.1) is 0 Å². The van der Waals surface area contributed by atoms with Crippen LogP contribution in [-0.4, -0.2) is 25.3 Å². The summed E-state index contributed by atoms with van der Waals surface area (Å²) in [5.74, 6) is 0.940. The minimum atomic E-state index is 0.145. The van der Waals surface area contributed by atoms with Crippen molar-refractivity contribution in [2.45, 2.75) is 89.2 Å². The summed E-state index contributed by atoms with van der Waals surface area (Å²) in [5.41, 5.74) is 0.145. The molecule has 0 radical (unpaired) electrons. The topological polar surface area (TPSA) is 21.3 Å². The molecule has 1 atom stereocenters. The van der Waals surface area contributed by atoms with Gasteiger partial charge in [-0.05, 0) is 38.1 Å². The van der Waals surface area contributed by atoms with Gasteiger partial charge in [-0.25, -0.2) is 0 Å². The molecule has 19 heavy (non-hydrogen) atoms. The molecule has 0 aromatic rings. The highest BCUT2D eigenvalue weighted by molar-refractivity contribution is 4.97. The second-order valence-corrected chi connectivity index (χ2v) is 6.72. The Morgan fingerprint density at radius 2 is 1.79 bits per heavy atom. The Labute approximate surface area is 119 Å². The van der Waals surface area contributed by atoms with Gasteiger partial charge in [0.15, 0.2) is 0 Å². The Balaban J connectivity index is 1.96. The molecule has 0 bridgehead atoms. The molecule has 0 spiro atoms. The molecule has 2 nitrogen and oxygen atoms in total. The van der Waals surface area contributed by atoms with E-state index in [2.05, 4.69) is 12.2 Å². The summed E-state index contributed by atoms with van der Waals surface area (Å²) in [5, 5.41) is 3.83. The van der Waals surface area contributed by atoms with E-state index in [9.17, 15) is 0 Å². The summed E-state index contributed by atoms with van der Waals surface area (Å²) in [4.78, 5) is 0. The predicted molar refractivity (Wildman–Crippen MR) is 81.5 cm³/mol. The van der Waals surface area contributed by atoms with Gasteiger partial charge in [0.05, 0.1) is 5.60 Å². The molecule has 0 aromatic heterocycles. The van der Waals surface area contributed by atoms with Crippen LogP contribution >= 0.6 is 0 Å². The first-order valence-corrected chi connectivity index (χ1v) is 8.59. The molecule has 0 aliphatic heterocycles. The average molecular weight is 267 g/mol. The predicted octanol–water partition coefficient (Wildman–Crippen LogP) is 4.28. The van der Waals surface area contributed by atoms with Crippen LogP contribution in [0.3, 0.4) is 0 Å². The van der Waals surface area contributed by atoms with Crippen molar-refractivity contribution in [2.24, 2.45) is 5.92 Å². The van der Waals surface area contributed by atoms with Crippen molar-refractivity contribution in [3.05, 3.63) is 0 Å². The molecule has 2 aliphatic rings. The molecule has 2 saturated carbocycles. The Morgan fingerprint density at radius 3 is 2.37 bits per heavy atom. The third kappa shape index (κ3) is 3.95. The maximum atomic E-state index is 6.04. The molecule has 112 valence electrons. The molecule has 2 aliphatic carbocycles. The van der Waals surface area contributed by atoms with Crippen LogP contribution in [0.5, 0.6) is 0 Å². The van der Waals surface area contributed by atoms with Gasteiger partial charge in [0.1, 0.15) is 0 Å². The van der Waals surface area contributed by atoms with Gasteiger partial charge in [-0.3, -0.25) is 0 Å². The van der Waals surface area contributed by atoms with Crippen LogP contribution in [0.25, 0.3) is 0 Å². The van der Waals surface area contributed by atoms with Crippen LogP contribution in [0.1, 0.15) is 77.6 Å². The molecular weight excluding hydrogens is 234 g/mol. The maximum absolute atomic E-state index is 6.04. The maximum Gasteiger partial charge on any atom is 0.0831 e. The van der Waals surface area contributed by atoms with Crippen LogP contribution in [0.4, 0.5) is 0 Å². The van der Waals surface area contributed by atoms with E-state index in [1.54, 1.807) is 0 Å². The van der Waals surface area contributed by atoms with E-state index in [-0.39, 0.29) is 5.60 Å². The number of ether oxygens (including phenoxy) is 1. The SMILES string of the molecule is CCCNC(CC1CCCCC1)C1(OC)CCCC1. The average Bonchev–Trinajstić information content (AvgIpc) is 2.94. The Kier molecular flexibility index (Phi) is 6.15. The van der Waals surface area contributed by atoms with E-state index >= 15 is 0 Å². The van der Waals surface area contributed by atoms with Crippen molar-refractivity contribution in [3.63, 3.8) is 0 Å². The fourth-order valence-corrected chi connectivity index (χ4v) is 4.23. The van der Waals surface area contributed by atoms with Crippen LogP contribution in [0.15, 0.2) is 0 Å². The number of rotatable bonds is 7. The highest BCUT2D eigenvalue weighted by atomic mass is 16.5. The molecule has 0 aromatic carbocycles. The number of methoxy groups -OCH3 is 1. The van der Waals surface area contributed by atoms with Crippen molar-refractivity contribution in [1.29, 1.82) is 0 Å². The van der Waals surface area contributed by atoms with E-state index in [0.29, 0.717) is 6.04 Å². The lowest BCUT2D eigenvalue weighted by Gasteiger charge is -2.39. The quantitative estimate of drug-likeness (QED) is 0.743. The summed E-state index contributed by atoms with van der Waals surface area (Å²) in [6.45, 7) is 3.40. The van der Waals surface area contributed by atoms with Gasteiger partial charge in [0.2, 0.25) is 0 Å². The van der Waals surface area contributed by atoms with E-state index in [4.69, 9.17) is 4.74 Å². The van der Waals surface area contributed by atoms with Crippen molar-refractivity contribution in [1.82, 2.24) is 5.32 Å². The van der Waals surface area contributed by atoms with Gasteiger partial charge >= 0.3 is 0 Å². The summed E-state index contributed by atoms with van der Waals surface area (Å²) in [7, 11) is 1.94. The van der Waals surface area contributed by atoms with E-state index in [0.717, 1.165) is 12.5 Å². The van der Waals surface area contributed by atoms with Gasteiger partial charge < -0.3 is 10.1 Å². The van der Waals surface area contributed by atoms with Gasteiger partial charge in [-0.2, -0.15) is 0 Å². The molecule has 2 heteroatoms. The normalized spacial score (nSPS) is 25.6. The van der Waals surface area contributed by atoms with Crippen molar-refractivity contribution in [3.8, 4) is 0 Å². The zero-order valence-electron chi connectivity index (χ0n) is 13.0. The standard InChI is InChI=1S/C17H33NO/c1-3-13-18-16(14-15-9-5-4-6-10-15)17(19-2)11-7-8-12-17/h15-16,18H,3-14H2,1-2H3. The van der Waals surface area contributed by atoms with Crippen molar-refractivity contribution >= 4 is 0 Å². The summed E-state index contributed by atoms with van der Waals surface area (Å²) < 4.78 is 6.04. The number of hydrogen-bond donors (Lipinski definition) is 1. The van der Waals surface area contributed by atoms with Crippen LogP contribution in [0, 0.1) is 5.92 Å². The fourth-order valence-electron chi connectivity index (χ4n) is 4.23. The molecule has 1 unspecified atom stereocenters. The van der Waals surface area contributed by atoms with Crippen molar-refractivity contribution < 1.29 is 4.74 Å². The molecule has 2 rings (SSSR count). The molecule has 0 saturated heterocycles. The Bertz CT molecular complexity index is 242. The second-order valence-electron chi connectivity index (χ2n) is 6.72. The lowest BCUT2D eigenvalue weighted by atomic mass is 9.79. The molecule has 1 N–H and O–H groups in total. The van der Waals surface area contributed by atoms with Gasteiger partial charge in [-0.1, -0.05) is 51.9 Å². The van der Waals surface area contributed by atoms with E-state index in [1.807, 2.05) is 7.11 Å². The molecular formula is C17H33NO. The highest BCUT2D eigenvalue weighted by Crippen LogP contribution is 2.39. The summed E-state index contributed by atoms with van der Waals surface area (Å²) >= 11 is 0. The van der Waals surface area contributed by atoms with Crippen LogP contribution in [-0.2, 0) is 4.74 Å². The fraction of sp³-hybridized carbons (Fsp3) is 1.00. The molecule has 2 fully saturated rings. The minimum Gasteiger partial charge on any atom is -0.377 e. The largest absolute Gasteiger partial charge is 0.377 e. The van der Waals surface area contributed by atoms with E-state index < -0.39 is 0 Å². The second kappa shape index (κ2) is 7.64. The monoisotopic (exact) mass is 267 g/mol. The lowest BCUT2D eigenvalue weighted by Crippen LogP contribution is -2.51. The summed E-state index contributed by atoms with van der Waals surface area (Å²) in [6, 6.07) is 0.586. The van der Waals surface area contributed by atoms with Crippen LogP contribution in [0.2, 0.25) is 0 Å². The molecule has 0 heterocycles. The van der Waals surface area contributed by atoms with Gasteiger partial charge in [0.25, 0.3) is 0 Å². The lowest BCUT2D eigenvalue weighted by molar-refractivity contribution is -0.0428. The van der Waals surface area contributed by atoms with Crippen molar-refractivity contribution in [2.75, 3.05) is 13.7 Å².